The molecule has 0 radical (unpaired) electrons. The SMILES string of the molecule is Cc1ccc(C(=O)c2c[nH]c3cc(Cl)ccc23)c(Br)c1. The first-order valence-corrected chi connectivity index (χ1v) is 7.31. The Morgan fingerprint density at radius 2 is 1.95 bits per heavy atom. The highest BCUT2D eigenvalue weighted by Gasteiger charge is 2.16. The molecule has 0 aliphatic rings. The van der Waals surface area contributed by atoms with E-state index in [9.17, 15) is 4.79 Å². The van der Waals surface area contributed by atoms with E-state index in [4.69, 9.17) is 11.6 Å². The smallest absolute Gasteiger partial charge is 0.196 e. The Morgan fingerprint density at radius 3 is 2.70 bits per heavy atom. The maximum absolute atomic E-state index is 12.7. The lowest BCUT2D eigenvalue weighted by Crippen LogP contribution is -2.01. The van der Waals surface area contributed by atoms with Crippen LogP contribution in [0.4, 0.5) is 0 Å². The molecule has 0 aliphatic heterocycles. The number of carbonyl (C=O) groups is 1. The topological polar surface area (TPSA) is 32.9 Å². The average molecular weight is 349 g/mol. The summed E-state index contributed by atoms with van der Waals surface area (Å²) in [6, 6.07) is 11.2. The van der Waals surface area contributed by atoms with Gasteiger partial charge < -0.3 is 4.98 Å². The van der Waals surface area contributed by atoms with Crippen LogP contribution in [0.1, 0.15) is 21.5 Å². The molecule has 1 heterocycles. The summed E-state index contributed by atoms with van der Waals surface area (Å²) in [6.45, 7) is 1.99. The molecule has 0 aliphatic carbocycles. The molecule has 3 aromatic rings. The number of nitrogens with one attached hydrogen (secondary N) is 1. The van der Waals surface area contributed by atoms with Gasteiger partial charge in [-0.1, -0.05) is 39.7 Å². The average Bonchev–Trinajstić information content (AvgIpc) is 2.80. The highest BCUT2D eigenvalue weighted by atomic mass is 79.9. The number of H-pyrrole nitrogens is 1. The molecule has 20 heavy (non-hydrogen) atoms. The number of benzene rings is 2. The van der Waals surface area contributed by atoms with Crippen molar-refractivity contribution in [2.45, 2.75) is 6.92 Å². The molecule has 0 atom stereocenters. The Balaban J connectivity index is 2.13. The summed E-state index contributed by atoms with van der Waals surface area (Å²) >= 11 is 9.41. The molecule has 2 nitrogen and oxygen atoms in total. The zero-order chi connectivity index (χ0) is 14.3. The van der Waals surface area contributed by atoms with Crippen molar-refractivity contribution in [3.63, 3.8) is 0 Å². The minimum atomic E-state index is -0.00884. The van der Waals surface area contributed by atoms with Crippen molar-refractivity contribution in [3.8, 4) is 0 Å². The van der Waals surface area contributed by atoms with Gasteiger partial charge in [0, 0.05) is 37.7 Å². The second-order valence-corrected chi connectivity index (χ2v) is 6.00. The van der Waals surface area contributed by atoms with E-state index in [-0.39, 0.29) is 5.78 Å². The highest BCUT2D eigenvalue weighted by molar-refractivity contribution is 9.10. The van der Waals surface area contributed by atoms with Crippen LogP contribution >= 0.6 is 27.5 Å². The molecule has 0 unspecified atom stereocenters. The van der Waals surface area contributed by atoms with Gasteiger partial charge in [0.1, 0.15) is 0 Å². The van der Waals surface area contributed by atoms with Crippen LogP contribution in [0, 0.1) is 6.92 Å². The molecular formula is C16H11BrClNO. The lowest BCUT2D eigenvalue weighted by Gasteiger charge is -2.04. The van der Waals surface area contributed by atoms with Crippen molar-refractivity contribution in [1.29, 1.82) is 0 Å². The molecule has 1 aromatic heterocycles. The Bertz CT molecular complexity index is 822. The van der Waals surface area contributed by atoms with Gasteiger partial charge >= 0.3 is 0 Å². The summed E-state index contributed by atoms with van der Waals surface area (Å²) in [4.78, 5) is 15.7. The first-order valence-electron chi connectivity index (χ1n) is 6.14. The third-order valence-corrected chi connectivity index (χ3v) is 4.15. The van der Waals surface area contributed by atoms with E-state index in [1.807, 2.05) is 37.3 Å². The van der Waals surface area contributed by atoms with E-state index in [0.717, 1.165) is 20.9 Å². The van der Waals surface area contributed by atoms with Gasteiger partial charge in [-0.05, 0) is 36.8 Å². The van der Waals surface area contributed by atoms with Crippen LogP contribution in [-0.2, 0) is 0 Å². The number of rotatable bonds is 2. The van der Waals surface area contributed by atoms with E-state index in [0.29, 0.717) is 16.1 Å². The summed E-state index contributed by atoms with van der Waals surface area (Å²) in [7, 11) is 0. The monoisotopic (exact) mass is 347 g/mol. The molecule has 100 valence electrons. The van der Waals surface area contributed by atoms with E-state index in [2.05, 4.69) is 20.9 Å². The maximum Gasteiger partial charge on any atom is 0.196 e. The van der Waals surface area contributed by atoms with Crippen molar-refractivity contribution in [3.05, 3.63) is 68.8 Å². The normalized spacial score (nSPS) is 10.9. The molecule has 0 saturated carbocycles. The molecule has 3 rings (SSSR count). The predicted octanol–water partition coefficient (Wildman–Crippen LogP) is 5.12. The van der Waals surface area contributed by atoms with Crippen LogP contribution in [0.2, 0.25) is 5.02 Å². The van der Waals surface area contributed by atoms with E-state index in [1.165, 1.54) is 0 Å². The molecule has 4 heteroatoms. The zero-order valence-electron chi connectivity index (χ0n) is 10.7. The fourth-order valence-corrected chi connectivity index (χ4v) is 3.08. The van der Waals surface area contributed by atoms with Crippen LogP contribution in [-0.4, -0.2) is 10.8 Å². The Labute approximate surface area is 129 Å². The quantitative estimate of drug-likeness (QED) is 0.640. The molecule has 0 saturated heterocycles. The first kappa shape index (κ1) is 13.4. The summed E-state index contributed by atoms with van der Waals surface area (Å²) in [5.74, 6) is -0.00884. The summed E-state index contributed by atoms with van der Waals surface area (Å²) in [5, 5.41) is 1.53. The molecule has 0 bridgehead atoms. The summed E-state index contributed by atoms with van der Waals surface area (Å²) in [6.07, 6.45) is 1.73. The summed E-state index contributed by atoms with van der Waals surface area (Å²) in [5.41, 5.74) is 3.29. The minimum Gasteiger partial charge on any atom is -0.360 e. The number of halogens is 2. The van der Waals surface area contributed by atoms with Crippen LogP contribution in [0.5, 0.6) is 0 Å². The zero-order valence-corrected chi connectivity index (χ0v) is 13.0. The fourth-order valence-electron chi connectivity index (χ4n) is 2.24. The van der Waals surface area contributed by atoms with Crippen molar-refractivity contribution < 1.29 is 4.79 Å². The third kappa shape index (κ3) is 2.28. The van der Waals surface area contributed by atoms with Crippen molar-refractivity contribution in [1.82, 2.24) is 4.98 Å². The van der Waals surface area contributed by atoms with Crippen LogP contribution in [0.3, 0.4) is 0 Å². The molecule has 2 aromatic carbocycles. The van der Waals surface area contributed by atoms with Gasteiger partial charge in [0.25, 0.3) is 0 Å². The molecule has 1 N–H and O–H groups in total. The second kappa shape index (κ2) is 5.08. The maximum atomic E-state index is 12.7. The van der Waals surface area contributed by atoms with Gasteiger partial charge in [-0.15, -0.1) is 0 Å². The number of aromatic amines is 1. The van der Waals surface area contributed by atoms with Crippen LogP contribution in [0.15, 0.2) is 47.1 Å². The van der Waals surface area contributed by atoms with Crippen LogP contribution < -0.4 is 0 Å². The van der Waals surface area contributed by atoms with Gasteiger partial charge in [-0.3, -0.25) is 4.79 Å². The van der Waals surface area contributed by atoms with Gasteiger partial charge in [-0.2, -0.15) is 0 Å². The second-order valence-electron chi connectivity index (χ2n) is 4.70. The summed E-state index contributed by atoms with van der Waals surface area (Å²) < 4.78 is 0.811. The fraction of sp³-hybridized carbons (Fsp3) is 0.0625. The lowest BCUT2D eigenvalue weighted by molar-refractivity contribution is 0.103. The number of hydrogen-bond donors (Lipinski definition) is 1. The first-order chi connectivity index (χ1) is 9.56. The molecule has 0 fully saturated rings. The molecular weight excluding hydrogens is 338 g/mol. The molecule has 0 amide bonds. The van der Waals surface area contributed by atoms with Gasteiger partial charge in [0.15, 0.2) is 5.78 Å². The van der Waals surface area contributed by atoms with E-state index < -0.39 is 0 Å². The largest absolute Gasteiger partial charge is 0.360 e. The number of fused-ring (bicyclic) bond motifs is 1. The Kier molecular flexibility index (Phi) is 3.40. The number of hydrogen-bond acceptors (Lipinski definition) is 1. The third-order valence-electron chi connectivity index (χ3n) is 3.26. The van der Waals surface area contributed by atoms with Crippen molar-refractivity contribution in [2.75, 3.05) is 0 Å². The van der Waals surface area contributed by atoms with Crippen LogP contribution in [0.25, 0.3) is 10.9 Å². The van der Waals surface area contributed by atoms with Gasteiger partial charge in [0.2, 0.25) is 0 Å². The van der Waals surface area contributed by atoms with Gasteiger partial charge in [0.05, 0.1) is 0 Å². The Hall–Kier alpha value is -1.58. The number of ketones is 1. The number of aromatic nitrogens is 1. The number of aryl methyl sites for hydroxylation is 1. The van der Waals surface area contributed by atoms with E-state index in [1.54, 1.807) is 12.3 Å². The van der Waals surface area contributed by atoms with Crippen molar-refractivity contribution >= 4 is 44.2 Å². The molecule has 0 spiro atoms. The van der Waals surface area contributed by atoms with Gasteiger partial charge in [-0.25, -0.2) is 0 Å². The number of carbonyl (C=O) groups excluding carboxylic acids is 1. The Morgan fingerprint density at radius 1 is 1.15 bits per heavy atom. The standard InChI is InChI=1S/C16H11BrClNO/c1-9-2-4-12(14(17)6-9)16(20)13-8-19-15-7-10(18)3-5-11(13)15/h2-8,19H,1H3. The lowest BCUT2D eigenvalue weighted by atomic mass is 10.0. The van der Waals surface area contributed by atoms with E-state index >= 15 is 0 Å². The predicted molar refractivity (Wildman–Crippen MR) is 85.6 cm³/mol. The minimum absolute atomic E-state index is 0.00884. The van der Waals surface area contributed by atoms with Crippen molar-refractivity contribution in [2.24, 2.45) is 0 Å². The highest BCUT2D eigenvalue weighted by Crippen LogP contribution is 2.27.